The van der Waals surface area contributed by atoms with Gasteiger partial charge in [0.1, 0.15) is 25.9 Å². The lowest BCUT2D eigenvalue weighted by molar-refractivity contribution is -0.138. The zero-order valence-corrected chi connectivity index (χ0v) is 29.4. The average molecular weight is 669 g/mol. The average Bonchev–Trinajstić information content (AvgIpc) is 2.94. The third kappa shape index (κ3) is 14.7. The molecule has 2 aliphatic rings. The molecule has 0 aromatic rings. The summed E-state index contributed by atoms with van der Waals surface area (Å²) in [6.45, 7) is 17.9. The number of esters is 1. The maximum atomic E-state index is 12.6. The summed E-state index contributed by atoms with van der Waals surface area (Å²) in [5, 5.41) is 11.4. The Morgan fingerprint density at radius 2 is 1.21 bits per heavy atom. The van der Waals surface area contributed by atoms with Gasteiger partial charge in [-0.05, 0) is 67.1 Å². The normalized spacial score (nSPS) is 26.7. The predicted octanol–water partition coefficient (Wildman–Crippen LogP) is 4.81. The number of ether oxygens (including phenoxy) is 5. The molecule has 0 aromatic heterocycles. The molecular formula is C33H56N4O10. The van der Waals surface area contributed by atoms with E-state index in [9.17, 15) is 24.0 Å². The minimum absolute atomic E-state index is 0.0446. The van der Waals surface area contributed by atoms with Gasteiger partial charge in [0.2, 0.25) is 0 Å². The van der Waals surface area contributed by atoms with Crippen molar-refractivity contribution in [3.05, 3.63) is 12.7 Å². The van der Waals surface area contributed by atoms with E-state index in [1.807, 2.05) is 6.92 Å². The molecule has 2 aliphatic carbocycles. The molecule has 0 spiro atoms. The van der Waals surface area contributed by atoms with Crippen molar-refractivity contribution in [2.75, 3.05) is 40.0 Å². The summed E-state index contributed by atoms with van der Waals surface area (Å²) in [4.78, 5) is 60.3. The maximum absolute atomic E-state index is 12.6. The zero-order chi connectivity index (χ0) is 35.5. The van der Waals surface area contributed by atoms with Gasteiger partial charge in [0, 0.05) is 31.2 Å². The van der Waals surface area contributed by atoms with Gasteiger partial charge in [-0.1, -0.05) is 48.1 Å². The number of rotatable bonds is 13. The molecule has 2 saturated carbocycles. The second kappa shape index (κ2) is 16.9. The Balaban J connectivity index is 1.76. The summed E-state index contributed by atoms with van der Waals surface area (Å²) >= 11 is 0. The van der Waals surface area contributed by atoms with Crippen LogP contribution in [0.3, 0.4) is 0 Å². The van der Waals surface area contributed by atoms with Gasteiger partial charge >= 0.3 is 30.3 Å². The molecule has 4 amide bonds. The number of hydrogen-bond acceptors (Lipinski definition) is 10. The lowest BCUT2D eigenvalue weighted by Gasteiger charge is -2.46. The van der Waals surface area contributed by atoms with E-state index in [1.165, 1.54) is 7.11 Å². The fourth-order valence-electron chi connectivity index (χ4n) is 7.58. The second-order valence-electron chi connectivity index (χ2n) is 15.3. The SMILES string of the molecule is C=CC(=O)OCCOC(=O)NC1CC(C)(C)CC(C)(CNC(=O)OCC(C)OC(=O)NCC2(C)CC(NC(=O)OC)CC(C)(C)C2)C1. The summed E-state index contributed by atoms with van der Waals surface area (Å²) in [5.41, 5.74) is -0.770. The molecule has 14 nitrogen and oxygen atoms in total. The summed E-state index contributed by atoms with van der Waals surface area (Å²) < 4.78 is 25.4. The molecule has 14 heteroatoms. The van der Waals surface area contributed by atoms with E-state index in [4.69, 9.17) is 23.7 Å². The van der Waals surface area contributed by atoms with Crippen LogP contribution in [0.15, 0.2) is 12.7 Å². The van der Waals surface area contributed by atoms with Gasteiger partial charge in [-0.2, -0.15) is 0 Å². The van der Waals surface area contributed by atoms with Crippen molar-refractivity contribution in [1.82, 2.24) is 21.3 Å². The van der Waals surface area contributed by atoms with Crippen molar-refractivity contribution in [2.45, 2.75) is 105 Å². The Kier molecular flexibility index (Phi) is 14.2. The van der Waals surface area contributed by atoms with E-state index in [-0.39, 0.29) is 53.6 Å². The van der Waals surface area contributed by atoms with Crippen LogP contribution in [-0.2, 0) is 28.5 Å². The van der Waals surface area contributed by atoms with Crippen molar-refractivity contribution in [1.29, 1.82) is 0 Å². The molecule has 0 radical (unpaired) electrons. The van der Waals surface area contributed by atoms with Crippen molar-refractivity contribution in [3.8, 4) is 0 Å². The largest absolute Gasteiger partial charge is 0.459 e. The van der Waals surface area contributed by atoms with Gasteiger partial charge in [0.25, 0.3) is 0 Å². The lowest BCUT2D eigenvalue weighted by atomic mass is 9.62. The number of alkyl carbamates (subject to hydrolysis) is 4. The number of carbonyl (C=O) groups excluding carboxylic acids is 5. The Labute approximate surface area is 278 Å². The van der Waals surface area contributed by atoms with Gasteiger partial charge in [-0.3, -0.25) is 0 Å². The second-order valence-corrected chi connectivity index (χ2v) is 15.3. The summed E-state index contributed by atoms with van der Waals surface area (Å²) in [5.74, 6) is -0.590. The van der Waals surface area contributed by atoms with E-state index < -0.39 is 36.4 Å². The van der Waals surface area contributed by atoms with Crippen LogP contribution in [0.1, 0.15) is 87.0 Å². The van der Waals surface area contributed by atoms with Crippen LogP contribution in [0.5, 0.6) is 0 Å². The molecular weight excluding hydrogens is 612 g/mol. The van der Waals surface area contributed by atoms with Gasteiger partial charge < -0.3 is 45.0 Å². The molecule has 0 aliphatic heterocycles. The highest BCUT2D eigenvalue weighted by atomic mass is 16.6. The number of amides is 4. The van der Waals surface area contributed by atoms with E-state index in [0.29, 0.717) is 25.9 Å². The summed E-state index contributed by atoms with van der Waals surface area (Å²) in [6, 6.07) is -0.263. The molecule has 5 atom stereocenters. The van der Waals surface area contributed by atoms with Crippen LogP contribution >= 0.6 is 0 Å². The van der Waals surface area contributed by atoms with Crippen LogP contribution in [0.2, 0.25) is 0 Å². The number of hydrogen-bond donors (Lipinski definition) is 4. The van der Waals surface area contributed by atoms with E-state index in [1.54, 1.807) is 6.92 Å². The van der Waals surface area contributed by atoms with Gasteiger partial charge in [0.15, 0.2) is 0 Å². The molecule has 47 heavy (non-hydrogen) atoms. The topological polar surface area (TPSA) is 180 Å². The van der Waals surface area contributed by atoms with Gasteiger partial charge in [-0.25, -0.2) is 24.0 Å². The maximum Gasteiger partial charge on any atom is 0.407 e. The Bertz CT molecular complexity index is 1130. The molecule has 0 bridgehead atoms. The third-order valence-electron chi connectivity index (χ3n) is 8.52. The number of methoxy groups -OCH3 is 1. The molecule has 0 heterocycles. The molecule has 0 saturated heterocycles. The van der Waals surface area contributed by atoms with Crippen molar-refractivity contribution >= 4 is 30.3 Å². The van der Waals surface area contributed by atoms with Gasteiger partial charge in [-0.15, -0.1) is 0 Å². The molecule has 4 N–H and O–H groups in total. The van der Waals surface area contributed by atoms with Crippen molar-refractivity contribution in [3.63, 3.8) is 0 Å². The first-order valence-electron chi connectivity index (χ1n) is 16.2. The standard InChI is InChI=1S/C33H56N4O10/c1-10-25(38)44-11-12-45-29(42)37-24-14-31(5,6)18-32(7,16-24)20-34-26(39)46-17-22(2)47-27(40)35-21-33(8)15-23(36-28(41)43-9)13-30(3,4)19-33/h10,22-24H,1,11-21H2,2-9H3,(H,34,39)(H,35,40)(H,36,41)(H,37,42). The number of carbonyl (C=O) groups is 5. The van der Waals surface area contributed by atoms with E-state index >= 15 is 0 Å². The minimum Gasteiger partial charge on any atom is -0.459 e. The van der Waals surface area contributed by atoms with Crippen LogP contribution < -0.4 is 21.3 Å². The quantitative estimate of drug-likeness (QED) is 0.0921. The Morgan fingerprint density at radius 1 is 0.723 bits per heavy atom. The van der Waals surface area contributed by atoms with Crippen molar-refractivity contribution in [2.24, 2.45) is 21.7 Å². The van der Waals surface area contributed by atoms with E-state index in [0.717, 1.165) is 31.8 Å². The first-order valence-corrected chi connectivity index (χ1v) is 16.2. The Hall–Kier alpha value is -3.71. The monoisotopic (exact) mass is 668 g/mol. The number of nitrogens with one attached hydrogen (secondary N) is 4. The molecule has 268 valence electrons. The third-order valence-corrected chi connectivity index (χ3v) is 8.52. The zero-order valence-electron chi connectivity index (χ0n) is 29.4. The van der Waals surface area contributed by atoms with Crippen LogP contribution in [0.25, 0.3) is 0 Å². The fourth-order valence-corrected chi connectivity index (χ4v) is 7.58. The summed E-state index contributed by atoms with van der Waals surface area (Å²) in [7, 11) is 1.33. The molecule has 2 fully saturated rings. The minimum atomic E-state index is -0.686. The molecule has 0 aromatic carbocycles. The lowest BCUT2D eigenvalue weighted by Crippen LogP contribution is -2.50. The van der Waals surface area contributed by atoms with Crippen LogP contribution in [0, 0.1) is 21.7 Å². The molecule has 5 unspecified atom stereocenters. The van der Waals surface area contributed by atoms with E-state index in [2.05, 4.69) is 62.5 Å². The van der Waals surface area contributed by atoms with Crippen molar-refractivity contribution < 1.29 is 47.7 Å². The highest BCUT2D eigenvalue weighted by molar-refractivity contribution is 5.81. The highest BCUT2D eigenvalue weighted by Crippen LogP contribution is 2.46. The summed E-state index contributed by atoms with van der Waals surface area (Å²) in [6.07, 6.45) is 2.49. The Morgan fingerprint density at radius 3 is 1.72 bits per heavy atom. The fraction of sp³-hybridized carbons (Fsp3) is 0.788. The predicted molar refractivity (Wildman–Crippen MR) is 174 cm³/mol. The highest BCUT2D eigenvalue weighted by Gasteiger charge is 2.43. The van der Waals surface area contributed by atoms with Gasteiger partial charge in [0.05, 0.1) is 7.11 Å². The van der Waals surface area contributed by atoms with Crippen LogP contribution in [-0.4, -0.2) is 88.5 Å². The first-order chi connectivity index (χ1) is 21.8. The first kappa shape index (κ1) is 39.5. The smallest absolute Gasteiger partial charge is 0.407 e. The van der Waals surface area contributed by atoms with Crippen LogP contribution in [0.4, 0.5) is 19.2 Å². The molecule has 2 rings (SSSR count).